The number of guanidine groups is 1. The fraction of sp³-hybridized carbons (Fsp3) is 0.745. The number of nitrogens with two attached hydrogens (primary N) is 4. The predicted octanol–water partition coefficient (Wildman–Crippen LogP) is -3.27. The zero-order valence-corrected chi connectivity index (χ0v) is 44.0. The maximum Gasteiger partial charge on any atom is 0.249 e. The Kier molecular flexibility index (Phi) is 28.8. The summed E-state index contributed by atoms with van der Waals surface area (Å²) in [6, 6.07) is -10.2. The number of likely N-dealkylation sites (tertiary alicyclic amines) is 1. The fourth-order valence-electron chi connectivity index (χ4n) is 7.99. The second kappa shape index (κ2) is 32.6. The summed E-state index contributed by atoms with van der Waals surface area (Å²) in [5.41, 5.74) is 22.0. The van der Waals surface area contributed by atoms with Crippen molar-refractivity contribution in [3.05, 3.63) is 0 Å². The predicted molar refractivity (Wildman–Crippen MR) is 270 cm³/mol. The lowest BCUT2D eigenvalue weighted by Gasteiger charge is -2.33. The smallest absolute Gasteiger partial charge is 0.249 e. The molecule has 1 aliphatic rings. The molecule has 73 heavy (non-hydrogen) atoms. The van der Waals surface area contributed by atoms with Gasteiger partial charge in [-0.2, -0.15) is 0 Å². The molecule has 0 saturated carbocycles. The van der Waals surface area contributed by atoms with Crippen molar-refractivity contribution >= 4 is 70.9 Å². The SMILES string of the molecule is CCC[C@H](NC(=O)[C@@H](NC(=O)[C@H](NC(=O)[C@H](CCCCN)N(C(C)=O)C(=O)CNC(C)=O)[C@@H](C)CC)[C@@H](C)O)C(=O)N[C@H](C(=O)N[C@@H](CCCN=C(N)N)C(=O)N1CCC[C@H]1C(=O)N[C@H](C)C(N)=O)[C@@H](C)CC. The minimum absolute atomic E-state index is 0.0266. The number of aliphatic imine (C=N–C) groups is 1. The largest absolute Gasteiger partial charge is 0.391 e. The van der Waals surface area contributed by atoms with Crippen LogP contribution in [-0.4, -0.2) is 166 Å². The van der Waals surface area contributed by atoms with E-state index in [0.29, 0.717) is 43.4 Å². The van der Waals surface area contributed by atoms with Crippen LogP contribution in [0.2, 0.25) is 0 Å². The van der Waals surface area contributed by atoms with Crippen molar-refractivity contribution in [1.82, 2.24) is 47.0 Å². The van der Waals surface area contributed by atoms with Crippen molar-refractivity contribution in [2.75, 3.05) is 26.2 Å². The number of primary amides is 1. The van der Waals surface area contributed by atoms with Gasteiger partial charge in [0.1, 0.15) is 48.3 Å². The van der Waals surface area contributed by atoms with Gasteiger partial charge in [0.25, 0.3) is 0 Å². The van der Waals surface area contributed by atoms with Gasteiger partial charge in [-0.1, -0.05) is 53.9 Å². The van der Waals surface area contributed by atoms with Gasteiger partial charge in [0.15, 0.2) is 5.96 Å². The second-order valence-electron chi connectivity index (χ2n) is 18.6. The first-order valence-corrected chi connectivity index (χ1v) is 25.2. The normalized spacial score (nSPS) is 17.2. The zero-order chi connectivity index (χ0) is 55.7. The molecule has 1 saturated heterocycles. The summed E-state index contributed by atoms with van der Waals surface area (Å²) in [5.74, 6) is -9.78. The molecule has 0 bridgehead atoms. The highest BCUT2D eigenvalue weighted by atomic mass is 16.3. The van der Waals surface area contributed by atoms with E-state index in [9.17, 15) is 57.8 Å². The molecule has 0 aromatic carbocycles. The number of imide groups is 1. The topological polar surface area (TPSA) is 415 Å². The van der Waals surface area contributed by atoms with Gasteiger partial charge < -0.3 is 70.2 Å². The van der Waals surface area contributed by atoms with E-state index < -0.39 is 138 Å². The molecule has 11 atom stereocenters. The number of unbranched alkanes of at least 4 members (excludes halogenated alkanes) is 1. The summed E-state index contributed by atoms with van der Waals surface area (Å²) in [6.07, 6.45) is 1.24. The van der Waals surface area contributed by atoms with Gasteiger partial charge >= 0.3 is 0 Å². The third kappa shape index (κ3) is 21.3. The van der Waals surface area contributed by atoms with Crippen molar-refractivity contribution in [3.8, 4) is 0 Å². The lowest BCUT2D eigenvalue weighted by Crippen LogP contribution is -2.63. The Morgan fingerprint density at radius 1 is 0.685 bits per heavy atom. The van der Waals surface area contributed by atoms with Crippen LogP contribution in [0.1, 0.15) is 133 Å². The lowest BCUT2D eigenvalue weighted by atomic mass is 9.96. The molecule has 1 fully saturated rings. The Labute approximate surface area is 428 Å². The summed E-state index contributed by atoms with van der Waals surface area (Å²) in [4.78, 5) is 153. The van der Waals surface area contributed by atoms with Crippen LogP contribution in [0.3, 0.4) is 0 Å². The first kappa shape index (κ1) is 64.6. The number of hydrogen-bond donors (Lipinski definition) is 12. The molecule has 26 nitrogen and oxygen atoms in total. The van der Waals surface area contributed by atoms with Crippen molar-refractivity contribution in [2.24, 2.45) is 39.8 Å². The van der Waals surface area contributed by atoms with Crippen molar-refractivity contribution in [2.45, 2.75) is 187 Å². The van der Waals surface area contributed by atoms with Gasteiger partial charge in [-0.25, -0.2) is 0 Å². The highest BCUT2D eigenvalue weighted by molar-refractivity contribution is 6.02. The molecule has 1 rings (SSSR count). The van der Waals surface area contributed by atoms with Gasteiger partial charge in [-0.05, 0) is 83.6 Å². The molecule has 16 N–H and O–H groups in total. The third-order valence-corrected chi connectivity index (χ3v) is 12.7. The van der Waals surface area contributed by atoms with E-state index in [1.807, 2.05) is 0 Å². The molecule has 26 heteroatoms. The van der Waals surface area contributed by atoms with E-state index in [2.05, 4.69) is 42.2 Å². The number of nitrogens with one attached hydrogen (secondary N) is 7. The van der Waals surface area contributed by atoms with Gasteiger partial charge in [0.05, 0.1) is 12.6 Å². The average Bonchev–Trinajstić information content (AvgIpc) is 3.83. The van der Waals surface area contributed by atoms with Crippen LogP contribution in [0, 0.1) is 11.8 Å². The molecular weight excluding hydrogens is 953 g/mol. The number of nitrogens with zero attached hydrogens (tertiary/aromatic N) is 3. The number of amides is 11. The number of hydrogen-bond acceptors (Lipinski definition) is 14. The summed E-state index contributed by atoms with van der Waals surface area (Å²) < 4.78 is 0. The maximum absolute atomic E-state index is 14.2. The maximum atomic E-state index is 14.2. The van der Waals surface area contributed by atoms with Gasteiger partial charge in [-0.15, -0.1) is 0 Å². The second-order valence-corrected chi connectivity index (χ2v) is 18.6. The van der Waals surface area contributed by atoms with E-state index in [1.165, 1.54) is 25.7 Å². The van der Waals surface area contributed by atoms with E-state index in [4.69, 9.17) is 22.9 Å². The summed E-state index contributed by atoms with van der Waals surface area (Å²) in [5, 5.41) is 28.9. The monoisotopic (exact) mass is 1040 g/mol. The van der Waals surface area contributed by atoms with Crippen molar-refractivity contribution in [1.29, 1.82) is 0 Å². The molecule has 11 amide bonds. The average molecular weight is 1040 g/mol. The van der Waals surface area contributed by atoms with Crippen LogP contribution in [0.15, 0.2) is 4.99 Å². The number of carbonyl (C=O) groups is 11. The van der Waals surface area contributed by atoms with Gasteiger partial charge in [0, 0.05) is 26.9 Å². The number of aliphatic hydroxyl groups excluding tert-OH is 1. The number of aliphatic hydroxyl groups is 1. The molecule has 0 aliphatic carbocycles. The van der Waals surface area contributed by atoms with Crippen LogP contribution in [0.5, 0.6) is 0 Å². The zero-order valence-electron chi connectivity index (χ0n) is 44.0. The standard InChI is InChI=1S/C47H84N14O12/c1-10-17-31(40(67)57-36(25(4)11-2)43(70)56-32(18-15-22-52-47(50)51)46(73)60-23-16-20-33(60)41(68)54-27(6)39(49)66)55-45(72)38(28(7)62)59-44(71)37(26(5)12-3)58-42(69)34(19-13-14-21-48)61(30(9)64)35(65)24-53-29(8)63/h25-28,31-34,36-38,62H,10-24,48H2,1-9H3,(H2,49,66)(H,53,63)(H,54,68)(H,55,72)(H,56,70)(H,57,67)(H,58,69)(H,59,71)(H4,50,51,52)/t25-,26-,27+,28+,31-,32-,33-,34-,36-,37+,38-/m0/s1. The van der Waals surface area contributed by atoms with E-state index in [0.717, 1.165) is 6.92 Å². The Hall–Kier alpha value is -6.44. The molecule has 0 radical (unpaired) electrons. The molecule has 1 aliphatic heterocycles. The third-order valence-electron chi connectivity index (χ3n) is 12.7. The van der Waals surface area contributed by atoms with Crippen LogP contribution < -0.4 is 60.2 Å². The first-order valence-electron chi connectivity index (χ1n) is 25.2. The molecular formula is C47H84N14O12. The fourth-order valence-corrected chi connectivity index (χ4v) is 7.99. The van der Waals surface area contributed by atoms with E-state index >= 15 is 0 Å². The van der Waals surface area contributed by atoms with Crippen LogP contribution >= 0.6 is 0 Å². The molecule has 1 heterocycles. The Balaban J connectivity index is 3.48. The Morgan fingerprint density at radius 2 is 1.23 bits per heavy atom. The molecule has 0 aromatic heterocycles. The number of carbonyl (C=O) groups excluding carboxylic acids is 11. The molecule has 0 unspecified atom stereocenters. The Morgan fingerprint density at radius 3 is 1.74 bits per heavy atom. The quantitative estimate of drug-likeness (QED) is 0.0179. The van der Waals surface area contributed by atoms with Crippen LogP contribution in [-0.2, 0) is 52.7 Å². The highest BCUT2D eigenvalue weighted by Crippen LogP contribution is 2.21. The van der Waals surface area contributed by atoms with E-state index in [-0.39, 0.29) is 57.7 Å². The minimum atomic E-state index is -1.69. The van der Waals surface area contributed by atoms with Crippen molar-refractivity contribution in [3.63, 3.8) is 0 Å². The van der Waals surface area contributed by atoms with E-state index in [1.54, 1.807) is 34.6 Å². The molecule has 0 aromatic rings. The lowest BCUT2D eigenvalue weighted by molar-refractivity contribution is -0.151. The molecule has 0 spiro atoms. The molecule has 414 valence electrons. The first-order chi connectivity index (χ1) is 34.3. The van der Waals surface area contributed by atoms with Gasteiger partial charge in [0.2, 0.25) is 65.0 Å². The van der Waals surface area contributed by atoms with Crippen molar-refractivity contribution < 1.29 is 57.8 Å². The Bertz CT molecular complexity index is 1950. The highest BCUT2D eigenvalue weighted by Gasteiger charge is 2.41. The summed E-state index contributed by atoms with van der Waals surface area (Å²) >= 11 is 0. The number of rotatable bonds is 32. The summed E-state index contributed by atoms with van der Waals surface area (Å²) in [6.45, 7) is 13.4. The van der Waals surface area contributed by atoms with Crippen LogP contribution in [0.4, 0.5) is 0 Å². The van der Waals surface area contributed by atoms with Gasteiger partial charge in [-0.3, -0.25) is 62.6 Å². The minimum Gasteiger partial charge on any atom is -0.391 e. The van der Waals surface area contributed by atoms with Crippen LogP contribution in [0.25, 0.3) is 0 Å². The summed E-state index contributed by atoms with van der Waals surface area (Å²) in [7, 11) is 0.